The molecule has 51 heavy (non-hydrogen) atoms. The fraction of sp³-hybridized carbons (Fsp3) is 0.372. The van der Waals surface area contributed by atoms with Crippen LogP contribution in [0.5, 0.6) is 0 Å². The van der Waals surface area contributed by atoms with E-state index in [1.807, 2.05) is 12.2 Å². The second-order valence-electron chi connectivity index (χ2n) is 17.7. The van der Waals surface area contributed by atoms with Gasteiger partial charge < -0.3 is 0 Å². The van der Waals surface area contributed by atoms with E-state index in [2.05, 4.69) is 156 Å². The fourth-order valence-electron chi connectivity index (χ4n) is 6.44. The van der Waals surface area contributed by atoms with Gasteiger partial charge in [0.05, 0.1) is 0 Å². The van der Waals surface area contributed by atoms with Crippen molar-refractivity contribution in [3.05, 3.63) is 124 Å². The molecule has 0 aromatic heterocycles. The minimum atomic E-state index is -10.7. The van der Waals surface area contributed by atoms with Gasteiger partial charge in [0.1, 0.15) is 0 Å². The van der Waals surface area contributed by atoms with Crippen molar-refractivity contribution in [3.8, 4) is 22.3 Å². The number of rotatable bonds is 2. The van der Waals surface area contributed by atoms with Gasteiger partial charge in [0.25, 0.3) is 0 Å². The monoisotopic (exact) mass is 728 g/mol. The van der Waals surface area contributed by atoms with E-state index in [1.54, 1.807) is 0 Å². The van der Waals surface area contributed by atoms with Crippen molar-refractivity contribution >= 4 is 19.2 Å². The van der Waals surface area contributed by atoms with Crippen LogP contribution >= 0.6 is 7.81 Å². The zero-order valence-corrected chi connectivity index (χ0v) is 32.6. The molecule has 5 rings (SSSR count). The second-order valence-corrected chi connectivity index (χ2v) is 19.6. The van der Waals surface area contributed by atoms with Gasteiger partial charge in [-0.05, 0) is 113 Å². The molecule has 0 amide bonds. The Morgan fingerprint density at radius 2 is 0.745 bits per heavy atom. The van der Waals surface area contributed by atoms with E-state index in [0.717, 1.165) is 5.57 Å². The number of hydrogen-bond acceptors (Lipinski definition) is 0. The quantitative estimate of drug-likeness (QED) is 0.111. The van der Waals surface area contributed by atoms with Crippen LogP contribution in [0.1, 0.15) is 116 Å². The van der Waals surface area contributed by atoms with E-state index in [0.29, 0.717) is 0 Å². The molecule has 0 radical (unpaired) electrons. The van der Waals surface area contributed by atoms with Gasteiger partial charge in [-0.3, -0.25) is 4.79 Å². The van der Waals surface area contributed by atoms with E-state index in [9.17, 15) is 30.0 Å². The molecule has 5 aliphatic rings. The van der Waals surface area contributed by atoms with E-state index in [4.69, 9.17) is 0 Å². The number of allylic oxidation sites excluding steroid dienone is 5. The number of carbonyl (C=O) groups excluding carboxylic acids is 1. The van der Waals surface area contributed by atoms with E-state index >= 15 is 0 Å². The van der Waals surface area contributed by atoms with E-state index in [-0.39, 0.29) is 27.4 Å². The molecule has 1 N–H and O–H groups in total. The summed E-state index contributed by atoms with van der Waals surface area (Å²) in [6.07, 6.45) is 7.78. The minimum absolute atomic E-state index is 0.0362. The van der Waals surface area contributed by atoms with Crippen molar-refractivity contribution in [1.82, 2.24) is 0 Å². The molecule has 0 aliphatic heterocycles. The molecule has 1 nitrogen and oxygen atoms in total. The van der Waals surface area contributed by atoms with Crippen molar-refractivity contribution < 1.29 is 30.0 Å². The van der Waals surface area contributed by atoms with Gasteiger partial charge in [0.2, 0.25) is 0 Å². The Morgan fingerprint density at radius 1 is 0.451 bits per heavy atom. The van der Waals surface area contributed by atoms with Crippen LogP contribution in [-0.2, 0) is 21.7 Å². The molecule has 8 heteroatoms. The Balaban J connectivity index is 0.000000755. The van der Waals surface area contributed by atoms with Gasteiger partial charge in [-0.2, -0.15) is 0 Å². The number of halogens is 6. The maximum absolute atomic E-state index is 10.7. The normalized spacial score (nSPS) is 15.8. The van der Waals surface area contributed by atoms with Crippen molar-refractivity contribution in [1.29, 1.82) is 0 Å². The van der Waals surface area contributed by atoms with Crippen LogP contribution < -0.4 is 0 Å². The topological polar surface area (TPSA) is 21.4 Å². The van der Waals surface area contributed by atoms with Crippen molar-refractivity contribution in [2.45, 2.75) is 105 Å². The zero-order chi connectivity index (χ0) is 38.8. The van der Waals surface area contributed by atoms with E-state index < -0.39 is 7.81 Å². The molecule has 5 aliphatic carbocycles. The molecule has 0 saturated heterocycles. The van der Waals surface area contributed by atoms with Crippen molar-refractivity contribution in [2.75, 3.05) is 0 Å². The Kier molecular flexibility index (Phi) is 9.58. The maximum atomic E-state index is 10.3. The molecule has 0 heterocycles. The summed E-state index contributed by atoms with van der Waals surface area (Å²) in [6.45, 7) is 27.6. The van der Waals surface area contributed by atoms with Gasteiger partial charge in [-0.15, -0.1) is 0 Å². The van der Waals surface area contributed by atoms with Crippen LogP contribution in [0, 0.1) is 0 Å². The SMILES string of the molecule is CC(C)(C)c1ccc2c(C(=C3C=CC(=[OH+])C=C3)c3cc(C(C)(C)C)c4ccc(C(C)(C)C)ccc3-4)cc(C(C)(C)C)c-2cc1.F[P-](F)(F)(F)(F)F. The first kappa shape index (κ1) is 40.1. The Labute approximate surface area is 299 Å². The second kappa shape index (κ2) is 12.2. The van der Waals surface area contributed by atoms with Gasteiger partial charge in [-0.1, -0.05) is 132 Å². The summed E-state index contributed by atoms with van der Waals surface area (Å²) in [5.41, 5.74) is 15.3. The molecule has 276 valence electrons. The first-order valence-corrected chi connectivity index (χ1v) is 19.1. The number of hydrogen-bond donors (Lipinski definition) is 0. The molecule has 0 spiro atoms. The zero-order valence-electron chi connectivity index (χ0n) is 31.7. The molecule has 0 aromatic carbocycles. The molecule has 0 atom stereocenters. The molecule has 0 fully saturated rings. The standard InChI is InChI=1S/C43H50O.F6P/c1-40(2,3)28-15-21-31-33(23-17-28)37(42(7,8)9)25-35(31)39(27-13-19-30(44)20-14-27)36-26-38(43(10,11)12)34-24-18-29(41(4,5)6)16-22-32(34)36;1-7(2,3,4,5)6/h13-26H,1-12H3;/q;-1/p+1. The summed E-state index contributed by atoms with van der Waals surface area (Å²) in [6, 6.07) is 23.5. The predicted octanol–water partition coefficient (Wildman–Crippen LogP) is 14.9. The molecule has 0 saturated carbocycles. The summed E-state index contributed by atoms with van der Waals surface area (Å²) in [4.78, 5) is 10.3. The third-order valence-electron chi connectivity index (χ3n) is 9.08. The van der Waals surface area contributed by atoms with Crippen LogP contribution in [-0.4, -0.2) is 10.6 Å². The predicted molar refractivity (Wildman–Crippen MR) is 206 cm³/mol. The van der Waals surface area contributed by atoms with Crippen molar-refractivity contribution in [2.24, 2.45) is 0 Å². The summed E-state index contributed by atoms with van der Waals surface area (Å²) in [5.74, 6) is 0.279. The third kappa shape index (κ3) is 10.2. The van der Waals surface area contributed by atoms with Crippen LogP contribution in [0.2, 0.25) is 0 Å². The average molecular weight is 729 g/mol. The van der Waals surface area contributed by atoms with Crippen LogP contribution in [0.4, 0.5) is 25.2 Å². The fourth-order valence-corrected chi connectivity index (χ4v) is 6.44. The Hall–Kier alpha value is -3.70. The van der Waals surface area contributed by atoms with Crippen LogP contribution in [0.3, 0.4) is 0 Å². The molecule has 0 unspecified atom stereocenters. The van der Waals surface area contributed by atoms with Crippen molar-refractivity contribution in [3.63, 3.8) is 0 Å². The van der Waals surface area contributed by atoms with Gasteiger partial charge >= 0.3 is 38.8 Å². The summed E-state index contributed by atoms with van der Waals surface area (Å²) >= 11 is 0. The molecule has 0 aromatic rings. The molecular weight excluding hydrogens is 677 g/mol. The third-order valence-corrected chi connectivity index (χ3v) is 9.08. The Morgan fingerprint density at radius 3 is 1.02 bits per heavy atom. The van der Waals surface area contributed by atoms with Crippen LogP contribution in [0.25, 0.3) is 27.8 Å². The summed E-state index contributed by atoms with van der Waals surface area (Å²) in [5, 5.41) is 0. The van der Waals surface area contributed by atoms with Gasteiger partial charge in [0, 0.05) is 12.2 Å². The van der Waals surface area contributed by atoms with Crippen LogP contribution in [0.15, 0.2) is 90.5 Å². The molecule has 0 bridgehead atoms. The first-order valence-electron chi connectivity index (χ1n) is 17.1. The number of ketones is 1. The number of fused-ring (bicyclic) bond motifs is 2. The summed E-state index contributed by atoms with van der Waals surface area (Å²) < 4.78 is 59.2. The van der Waals surface area contributed by atoms with E-state index in [1.165, 1.54) is 61.2 Å². The van der Waals surface area contributed by atoms with Gasteiger partial charge in [-0.25, -0.2) is 0 Å². The average Bonchev–Trinajstić information content (AvgIpc) is 3.25. The Bertz CT molecular complexity index is 1880. The van der Waals surface area contributed by atoms with Gasteiger partial charge in [0.15, 0.2) is 0 Å². The first-order chi connectivity index (χ1) is 22.7. The summed E-state index contributed by atoms with van der Waals surface area (Å²) in [7, 11) is -10.7. The molecular formula is C43H51F6OP.